The molecule has 56 heavy (non-hydrogen) atoms. The second-order valence-corrected chi connectivity index (χ2v) is 14.7. The lowest BCUT2D eigenvalue weighted by Gasteiger charge is -2.37. The summed E-state index contributed by atoms with van der Waals surface area (Å²) in [6.07, 6.45) is 3.24. The average molecular weight is 808 g/mol. The number of H-pyrrole nitrogens is 1. The van der Waals surface area contributed by atoms with Crippen molar-refractivity contribution in [2.75, 3.05) is 38.1 Å². The highest BCUT2D eigenvalue weighted by molar-refractivity contribution is 6.40. The maximum Gasteiger partial charge on any atom is 0.271 e. The van der Waals surface area contributed by atoms with E-state index in [1.807, 2.05) is 0 Å². The Balaban J connectivity index is 0.859. The summed E-state index contributed by atoms with van der Waals surface area (Å²) >= 11 is 12.3. The van der Waals surface area contributed by atoms with Crippen molar-refractivity contribution >= 4 is 76.1 Å². The fourth-order valence-corrected chi connectivity index (χ4v) is 7.99. The molecule has 0 saturated carbocycles. The van der Waals surface area contributed by atoms with Crippen molar-refractivity contribution in [1.29, 1.82) is 0 Å². The Morgan fingerprint density at radius 3 is 2.21 bits per heavy atom. The van der Waals surface area contributed by atoms with Crippen LogP contribution in [0.15, 0.2) is 42.6 Å². The van der Waals surface area contributed by atoms with Crippen molar-refractivity contribution in [3.05, 3.63) is 75.0 Å². The summed E-state index contributed by atoms with van der Waals surface area (Å²) in [4.78, 5) is 107. The number of hydrogen-bond acceptors (Lipinski definition) is 10. The molecule has 1 aromatic heterocycles. The highest BCUT2D eigenvalue weighted by Crippen LogP contribution is 2.34. The van der Waals surface area contributed by atoms with Crippen LogP contribution in [0.25, 0.3) is 0 Å². The van der Waals surface area contributed by atoms with Gasteiger partial charge in [-0.3, -0.25) is 53.7 Å². The number of hydrogen-bond donors (Lipinski definition) is 4. The van der Waals surface area contributed by atoms with Gasteiger partial charge in [0.05, 0.1) is 38.6 Å². The Labute approximate surface area is 329 Å². The molecule has 292 valence electrons. The largest absolute Gasteiger partial charge is 0.483 e. The number of halogens is 2. The molecule has 1 unspecified atom stereocenters. The zero-order chi connectivity index (χ0) is 39.7. The zero-order valence-electron chi connectivity index (χ0n) is 29.8. The standard InChI is InChI=1S/C37H36Cl2N8O9/c38-22-4-2-5-23(39)30(22)33(51)42-24-17-40-44-31(24)34(52)41-20-11-15-46(16-12-20)35(53)19-9-13-45(14-10-19)28(49)18-56-26-6-1-3-21-29(26)37(55)47(36(21)54)25-7-8-27(48)43-32(25)50/h1-6,17,19-20,25H,7-16,18H2,(H,40,44)(H,41,52)(H,42,51)(H,43,48,50). The van der Waals surface area contributed by atoms with E-state index in [4.69, 9.17) is 27.9 Å². The van der Waals surface area contributed by atoms with Gasteiger partial charge in [0.2, 0.25) is 17.7 Å². The number of nitrogens with one attached hydrogen (secondary N) is 4. The number of carbonyl (C=O) groups excluding carboxylic acids is 8. The van der Waals surface area contributed by atoms with E-state index in [2.05, 4.69) is 26.1 Å². The molecule has 8 amide bonds. The van der Waals surface area contributed by atoms with Crippen LogP contribution in [-0.4, -0.2) is 117 Å². The molecule has 0 spiro atoms. The molecule has 4 aliphatic heterocycles. The fourth-order valence-electron chi connectivity index (χ4n) is 7.42. The molecular formula is C37H36Cl2N8O9. The number of imide groups is 2. The summed E-state index contributed by atoms with van der Waals surface area (Å²) < 4.78 is 5.76. The summed E-state index contributed by atoms with van der Waals surface area (Å²) in [5, 5.41) is 14.6. The molecule has 2 aromatic carbocycles. The average Bonchev–Trinajstić information content (AvgIpc) is 3.75. The van der Waals surface area contributed by atoms with Crippen LogP contribution in [0.5, 0.6) is 5.75 Å². The third-order valence-electron chi connectivity index (χ3n) is 10.4. The van der Waals surface area contributed by atoms with E-state index >= 15 is 0 Å². The Hall–Kier alpha value is -5.81. The molecule has 7 rings (SSSR count). The molecule has 0 aliphatic carbocycles. The Morgan fingerprint density at radius 2 is 1.52 bits per heavy atom. The van der Waals surface area contributed by atoms with Gasteiger partial charge in [-0.05, 0) is 56.4 Å². The van der Waals surface area contributed by atoms with Crippen LogP contribution in [0.1, 0.15) is 80.1 Å². The molecule has 3 aromatic rings. The number of likely N-dealkylation sites (tertiary alicyclic amines) is 2. The summed E-state index contributed by atoms with van der Waals surface area (Å²) in [7, 11) is 0. The minimum Gasteiger partial charge on any atom is -0.483 e. The van der Waals surface area contributed by atoms with Gasteiger partial charge in [0.1, 0.15) is 17.5 Å². The van der Waals surface area contributed by atoms with E-state index in [1.165, 1.54) is 36.5 Å². The lowest BCUT2D eigenvalue weighted by Crippen LogP contribution is -2.54. The van der Waals surface area contributed by atoms with E-state index in [0.29, 0.717) is 51.9 Å². The van der Waals surface area contributed by atoms with Crippen LogP contribution in [0.2, 0.25) is 10.0 Å². The number of anilines is 1. The third kappa shape index (κ3) is 7.68. The minimum absolute atomic E-state index is 0.00942. The second-order valence-electron chi connectivity index (χ2n) is 13.9. The van der Waals surface area contributed by atoms with Gasteiger partial charge in [-0.15, -0.1) is 0 Å². The molecule has 5 heterocycles. The third-order valence-corrected chi connectivity index (χ3v) is 11.1. The zero-order valence-corrected chi connectivity index (χ0v) is 31.3. The number of piperidine rings is 3. The van der Waals surface area contributed by atoms with Gasteiger partial charge in [0, 0.05) is 44.6 Å². The fraction of sp³-hybridized carbons (Fsp3) is 0.378. The lowest BCUT2D eigenvalue weighted by molar-refractivity contribution is -0.142. The molecule has 0 radical (unpaired) electrons. The molecule has 0 bridgehead atoms. The molecular weight excluding hydrogens is 771 g/mol. The highest BCUT2D eigenvalue weighted by atomic mass is 35.5. The lowest BCUT2D eigenvalue weighted by atomic mass is 9.93. The molecule has 4 N–H and O–H groups in total. The van der Waals surface area contributed by atoms with Gasteiger partial charge in [0.15, 0.2) is 6.61 Å². The van der Waals surface area contributed by atoms with Crippen molar-refractivity contribution in [2.24, 2.45) is 5.92 Å². The van der Waals surface area contributed by atoms with Crippen molar-refractivity contribution in [3.63, 3.8) is 0 Å². The summed E-state index contributed by atoms with van der Waals surface area (Å²) in [5.74, 6) is -4.30. The summed E-state index contributed by atoms with van der Waals surface area (Å²) in [6.45, 7) is 1.10. The van der Waals surface area contributed by atoms with Crippen molar-refractivity contribution in [3.8, 4) is 5.75 Å². The number of aromatic nitrogens is 2. The molecule has 17 nitrogen and oxygen atoms in total. The first-order chi connectivity index (χ1) is 26.9. The Bertz CT molecular complexity index is 2120. The Kier molecular flexibility index (Phi) is 11.1. The van der Waals surface area contributed by atoms with Crippen molar-refractivity contribution in [2.45, 2.75) is 50.6 Å². The number of amides is 8. The van der Waals surface area contributed by atoms with E-state index in [9.17, 15) is 38.4 Å². The monoisotopic (exact) mass is 806 g/mol. The number of nitrogens with zero attached hydrogens (tertiary/aromatic N) is 4. The molecule has 3 fully saturated rings. The predicted molar refractivity (Wildman–Crippen MR) is 198 cm³/mol. The number of benzene rings is 2. The number of rotatable bonds is 9. The first kappa shape index (κ1) is 38.5. The van der Waals surface area contributed by atoms with Gasteiger partial charge in [0.25, 0.3) is 29.5 Å². The van der Waals surface area contributed by atoms with Crippen LogP contribution < -0.4 is 20.7 Å². The summed E-state index contributed by atoms with van der Waals surface area (Å²) in [5.41, 5.74) is 0.279. The first-order valence-electron chi connectivity index (χ1n) is 18.0. The van der Waals surface area contributed by atoms with Gasteiger partial charge in [-0.1, -0.05) is 35.3 Å². The number of fused-ring (bicyclic) bond motifs is 1. The Morgan fingerprint density at radius 1 is 0.839 bits per heavy atom. The van der Waals surface area contributed by atoms with E-state index in [-0.39, 0.29) is 80.5 Å². The maximum absolute atomic E-state index is 13.4. The number of carbonyl (C=O) groups is 8. The molecule has 19 heteroatoms. The van der Waals surface area contributed by atoms with Crippen LogP contribution in [0, 0.1) is 5.92 Å². The van der Waals surface area contributed by atoms with Gasteiger partial charge >= 0.3 is 0 Å². The van der Waals surface area contributed by atoms with Crippen LogP contribution in [0.3, 0.4) is 0 Å². The van der Waals surface area contributed by atoms with Crippen molar-refractivity contribution in [1.82, 2.24) is 35.5 Å². The van der Waals surface area contributed by atoms with Gasteiger partial charge in [-0.2, -0.15) is 5.10 Å². The molecule has 1 atom stereocenters. The number of aromatic amines is 1. The second kappa shape index (κ2) is 16.1. The van der Waals surface area contributed by atoms with Crippen LogP contribution >= 0.6 is 23.2 Å². The van der Waals surface area contributed by atoms with Crippen LogP contribution in [0.4, 0.5) is 5.69 Å². The van der Waals surface area contributed by atoms with Crippen LogP contribution in [-0.2, 0) is 19.2 Å². The molecule has 3 saturated heterocycles. The van der Waals surface area contributed by atoms with Gasteiger partial charge in [-0.25, -0.2) is 0 Å². The smallest absolute Gasteiger partial charge is 0.271 e. The first-order valence-corrected chi connectivity index (χ1v) is 18.8. The highest BCUT2D eigenvalue weighted by Gasteiger charge is 2.46. The quantitative estimate of drug-likeness (QED) is 0.231. The minimum atomic E-state index is -1.13. The molecule has 4 aliphatic rings. The normalized spacial score (nSPS) is 19.1. The summed E-state index contributed by atoms with van der Waals surface area (Å²) in [6, 6.07) is 7.75. The van der Waals surface area contributed by atoms with Crippen molar-refractivity contribution < 1.29 is 43.1 Å². The van der Waals surface area contributed by atoms with E-state index in [1.54, 1.807) is 15.9 Å². The van der Waals surface area contributed by atoms with E-state index < -0.39 is 48.1 Å². The van der Waals surface area contributed by atoms with Gasteiger partial charge < -0.3 is 25.2 Å². The SMILES string of the molecule is O=C1CCC(N2C(=O)c3cccc(OCC(=O)N4CCC(C(=O)N5CCC(NC(=O)c6[nH]ncc6NC(=O)c6c(Cl)cccc6Cl)CC5)CC4)c3C2=O)C(=O)N1. The maximum atomic E-state index is 13.4. The predicted octanol–water partition coefficient (Wildman–Crippen LogP) is 2.41. The topological polar surface area (TPSA) is 220 Å². The number of ether oxygens (including phenoxy) is 1. The van der Waals surface area contributed by atoms with E-state index in [0.717, 1.165) is 4.90 Å².